The largest absolute Gasteiger partial charge is 0.442 e. The number of amides is 1. The van der Waals surface area contributed by atoms with Crippen molar-refractivity contribution in [1.82, 2.24) is 9.71 Å². The Bertz CT molecular complexity index is 1100. The molecule has 0 radical (unpaired) electrons. The summed E-state index contributed by atoms with van der Waals surface area (Å²) < 4.78 is 33.8. The van der Waals surface area contributed by atoms with Crippen LogP contribution in [0.25, 0.3) is 10.6 Å². The summed E-state index contributed by atoms with van der Waals surface area (Å²) in [5.41, 5.74) is 1.36. The van der Waals surface area contributed by atoms with Gasteiger partial charge in [-0.2, -0.15) is 0 Å². The minimum atomic E-state index is -3.96. The number of aliphatic hydroxyl groups is 1. The first-order valence-electron chi connectivity index (χ1n) is 8.83. The summed E-state index contributed by atoms with van der Waals surface area (Å²) in [6.45, 7) is 2.96. The summed E-state index contributed by atoms with van der Waals surface area (Å²) in [4.78, 5) is 16.1. The predicted molar refractivity (Wildman–Crippen MR) is 116 cm³/mol. The monoisotopic (exact) mass is 441 g/mol. The van der Waals surface area contributed by atoms with Crippen molar-refractivity contribution >= 4 is 32.4 Å². The number of thiazole rings is 1. The van der Waals surface area contributed by atoms with Gasteiger partial charge < -0.3 is 14.8 Å². The third-order valence-corrected chi connectivity index (χ3v) is 6.50. The molecule has 10 heteroatoms. The average Bonchev–Trinajstić information content (AvgIpc) is 3.28. The number of nitrogens with one attached hydrogen (secondary N) is 2. The Hall–Kier alpha value is -2.53. The summed E-state index contributed by atoms with van der Waals surface area (Å²) in [5.74, 6) is 0.100. The zero-order valence-electron chi connectivity index (χ0n) is 15.9. The molecule has 0 aliphatic carbocycles. The third-order valence-electron chi connectivity index (χ3n) is 4.07. The van der Waals surface area contributed by atoms with Crippen molar-refractivity contribution in [3.63, 3.8) is 0 Å². The van der Waals surface area contributed by atoms with Crippen molar-refractivity contribution < 1.29 is 27.0 Å². The molecule has 29 heavy (non-hydrogen) atoms. The van der Waals surface area contributed by atoms with Crippen molar-refractivity contribution in [2.75, 3.05) is 11.9 Å². The maximum Gasteiger partial charge on any atom is 0.274 e. The minimum Gasteiger partial charge on any atom is -0.442 e. The topological polar surface area (TPSA) is 122 Å². The number of furan rings is 1. The highest BCUT2D eigenvalue weighted by Gasteiger charge is 2.25. The molecule has 1 amide bonds. The van der Waals surface area contributed by atoms with Crippen LogP contribution in [-0.4, -0.2) is 31.0 Å². The molecule has 1 aromatic carbocycles. The molecule has 0 fully saturated rings. The minimum absolute atomic E-state index is 0. The molecule has 1 atom stereocenters. The Morgan fingerprint density at radius 3 is 2.66 bits per heavy atom. The normalized spacial score (nSPS) is 12.7. The fraction of sp³-hybridized carbons (Fsp3) is 0.263. The maximum absolute atomic E-state index is 12.8. The van der Waals surface area contributed by atoms with Crippen LogP contribution in [0.3, 0.4) is 0 Å². The summed E-state index contributed by atoms with van der Waals surface area (Å²) in [6, 6.07) is 11.4. The van der Waals surface area contributed by atoms with Crippen LogP contribution in [0.1, 0.15) is 34.9 Å². The molecule has 160 valence electrons. The second-order valence-corrected chi connectivity index (χ2v) is 8.97. The molecule has 0 aliphatic rings. The van der Waals surface area contributed by atoms with Crippen LogP contribution in [0, 0.1) is 6.92 Å². The van der Waals surface area contributed by atoms with Gasteiger partial charge in [0.2, 0.25) is 11.0 Å². The third kappa shape index (κ3) is 5.10. The Balaban J connectivity index is 0.00000320. The van der Waals surface area contributed by atoms with E-state index in [0.29, 0.717) is 21.5 Å². The molecule has 3 aromatic rings. The van der Waals surface area contributed by atoms with Gasteiger partial charge in [-0.25, -0.2) is 18.1 Å². The van der Waals surface area contributed by atoms with Gasteiger partial charge in [-0.1, -0.05) is 41.7 Å². The Labute approximate surface area is 177 Å². The second kappa shape index (κ2) is 8.87. The van der Waals surface area contributed by atoms with Crippen LogP contribution in [0.15, 0.2) is 52.0 Å². The zero-order chi connectivity index (χ0) is 21.0. The lowest BCUT2D eigenvalue weighted by Gasteiger charge is -2.17. The molecule has 0 unspecified atom stereocenters. The van der Waals surface area contributed by atoms with Crippen molar-refractivity contribution in [2.24, 2.45) is 0 Å². The van der Waals surface area contributed by atoms with Crippen LogP contribution >= 0.6 is 11.3 Å². The van der Waals surface area contributed by atoms with E-state index in [0.717, 1.165) is 5.56 Å². The molecule has 3 N–H and O–H groups in total. The smallest absolute Gasteiger partial charge is 0.274 e. The van der Waals surface area contributed by atoms with Crippen LogP contribution in [0.2, 0.25) is 0 Å². The lowest BCUT2D eigenvalue weighted by atomic mass is 10.1. The average molecular weight is 442 g/mol. The first-order valence-corrected chi connectivity index (χ1v) is 11.1. The number of carbonyl (C=O) groups is 1. The van der Waals surface area contributed by atoms with E-state index < -0.39 is 16.1 Å². The molecule has 2 aromatic heterocycles. The highest BCUT2D eigenvalue weighted by molar-refractivity contribution is 7.89. The van der Waals surface area contributed by atoms with E-state index in [1.54, 1.807) is 37.3 Å². The number of benzene rings is 1. The number of aliphatic hydroxyl groups excluding tert-OH is 1. The van der Waals surface area contributed by atoms with Gasteiger partial charge in [-0.3, -0.25) is 4.79 Å². The van der Waals surface area contributed by atoms with Crippen LogP contribution in [-0.2, 0) is 14.8 Å². The van der Waals surface area contributed by atoms with E-state index in [2.05, 4.69) is 15.0 Å². The van der Waals surface area contributed by atoms with Crippen LogP contribution in [0.4, 0.5) is 5.13 Å². The summed E-state index contributed by atoms with van der Waals surface area (Å²) >= 11 is 1.20. The van der Waals surface area contributed by atoms with Crippen molar-refractivity contribution in [1.29, 1.82) is 0 Å². The summed E-state index contributed by atoms with van der Waals surface area (Å²) in [7, 11) is -3.96. The first kappa shape index (κ1) is 21.2. The SMILES string of the molecule is CC(=O)Nc1nc(C)c(-c2ccc(S(=O)(=O)N[C@H](CCO)c3ccccc3)o2)s1.[HH].[HH].[HH]. The van der Waals surface area contributed by atoms with Gasteiger partial charge in [-0.15, -0.1) is 0 Å². The molecular formula is C19H27N3O5S2. The number of aromatic nitrogens is 1. The van der Waals surface area contributed by atoms with E-state index in [9.17, 15) is 18.3 Å². The number of hydrogen-bond acceptors (Lipinski definition) is 7. The van der Waals surface area contributed by atoms with Crippen molar-refractivity contribution in [3.8, 4) is 10.6 Å². The lowest BCUT2D eigenvalue weighted by molar-refractivity contribution is -0.114. The Morgan fingerprint density at radius 1 is 1.28 bits per heavy atom. The number of anilines is 1. The molecule has 2 heterocycles. The van der Waals surface area contributed by atoms with Gasteiger partial charge in [0.1, 0.15) is 5.76 Å². The van der Waals surface area contributed by atoms with Gasteiger partial charge in [0.05, 0.1) is 10.6 Å². The quantitative estimate of drug-likeness (QED) is 0.489. The Morgan fingerprint density at radius 2 is 2.00 bits per heavy atom. The van der Waals surface area contributed by atoms with Gasteiger partial charge in [-0.05, 0) is 31.0 Å². The standard InChI is InChI=1S/C19H21N3O5S2.3H2/c1-12-18(28-19(20-12)21-13(2)24)16-8-9-17(27-16)29(25,26)22-15(10-11-23)14-6-4-3-5-7-14;;;/h3-9,15,22-23H,10-11H2,1-2H3,(H,20,21,24);3*1H/t15-;;;/m1.../s1. The molecule has 3 rings (SSSR count). The number of nitrogens with zero attached hydrogens (tertiary/aromatic N) is 1. The summed E-state index contributed by atoms with van der Waals surface area (Å²) in [5, 5.41) is 12.1. The molecular weight excluding hydrogens is 414 g/mol. The number of sulfonamides is 1. The first-order chi connectivity index (χ1) is 13.8. The zero-order valence-corrected chi connectivity index (χ0v) is 17.5. The number of carbonyl (C=O) groups excluding carboxylic acids is 1. The van der Waals surface area contributed by atoms with Crippen molar-refractivity contribution in [3.05, 3.63) is 53.7 Å². The number of rotatable bonds is 8. The molecule has 0 bridgehead atoms. The second-order valence-electron chi connectivity index (χ2n) is 6.33. The summed E-state index contributed by atoms with van der Waals surface area (Å²) in [6.07, 6.45) is 0.227. The molecule has 0 saturated heterocycles. The van der Waals surface area contributed by atoms with E-state index in [1.807, 2.05) is 6.07 Å². The Kier molecular flexibility index (Phi) is 6.48. The molecule has 0 spiro atoms. The number of aryl methyl sites for hydroxylation is 1. The molecule has 0 aliphatic heterocycles. The van der Waals surface area contributed by atoms with Gasteiger partial charge in [0, 0.05) is 23.9 Å². The fourth-order valence-electron chi connectivity index (χ4n) is 2.77. The van der Waals surface area contributed by atoms with Crippen molar-refractivity contribution in [2.45, 2.75) is 31.4 Å². The van der Waals surface area contributed by atoms with Crippen LogP contribution in [0.5, 0.6) is 0 Å². The maximum atomic E-state index is 12.8. The lowest BCUT2D eigenvalue weighted by Crippen LogP contribution is -2.29. The van der Waals surface area contributed by atoms with E-state index in [4.69, 9.17) is 4.42 Å². The molecule has 8 nitrogen and oxygen atoms in total. The highest BCUT2D eigenvalue weighted by Crippen LogP contribution is 2.35. The van der Waals surface area contributed by atoms with E-state index >= 15 is 0 Å². The highest BCUT2D eigenvalue weighted by atomic mass is 32.2. The van der Waals surface area contributed by atoms with E-state index in [1.165, 1.54) is 24.3 Å². The fourth-order valence-corrected chi connectivity index (χ4v) is 4.93. The van der Waals surface area contributed by atoms with E-state index in [-0.39, 0.29) is 28.3 Å². The van der Waals surface area contributed by atoms with Gasteiger partial charge in [0.15, 0.2) is 5.13 Å². The van der Waals surface area contributed by atoms with Crippen LogP contribution < -0.4 is 10.0 Å². The molecule has 0 saturated carbocycles. The number of hydrogen-bond donors (Lipinski definition) is 3. The van der Waals surface area contributed by atoms with Gasteiger partial charge in [0.25, 0.3) is 10.0 Å². The predicted octanol–water partition coefficient (Wildman–Crippen LogP) is 3.81. The van der Waals surface area contributed by atoms with Gasteiger partial charge >= 0.3 is 0 Å².